The summed E-state index contributed by atoms with van der Waals surface area (Å²) in [5.41, 5.74) is 5.56. The van der Waals surface area contributed by atoms with Gasteiger partial charge in [-0.2, -0.15) is 0 Å². The van der Waals surface area contributed by atoms with Crippen molar-refractivity contribution in [2.24, 2.45) is 28.4 Å². The average Bonchev–Trinajstić information content (AvgIpc) is 3.36. The predicted octanol–water partition coefficient (Wildman–Crippen LogP) is 2.97. The molecule has 0 bridgehead atoms. The highest BCUT2D eigenvalue weighted by Crippen LogP contribution is 2.67. The van der Waals surface area contributed by atoms with Gasteiger partial charge in [-0.15, -0.1) is 0 Å². The molecule has 5 N–H and O–H groups in total. The fourth-order valence-corrected chi connectivity index (χ4v) is 8.23. The van der Waals surface area contributed by atoms with Crippen molar-refractivity contribution < 1.29 is 34.4 Å². The Balaban J connectivity index is 1.55. The number of aliphatic carboxylic acids is 1. The molecule has 9 nitrogen and oxygen atoms in total. The number of aliphatic hydroxyl groups is 1. The number of carboxylic acid groups (broad SMARTS) is 1. The quantitative estimate of drug-likeness (QED) is 0.472. The van der Waals surface area contributed by atoms with Crippen molar-refractivity contribution in [2.75, 3.05) is 0 Å². The molecule has 2 aliphatic carbocycles. The molecule has 1 aromatic carbocycles. The normalized spacial score (nSPS) is 34.5. The SMILES string of the molecule is C[C@@H]1CC[C@@H]2C(C)(C)[C@H](O)CC[C@]2(C)[C@]12Cc1c(O)cc3c(c1O2)CN([C@@H](CCC(N)=O)C(=O)O)C3=O. The Hall–Kier alpha value is -2.81. The van der Waals surface area contributed by atoms with Crippen LogP contribution in [0.5, 0.6) is 11.5 Å². The van der Waals surface area contributed by atoms with E-state index in [2.05, 4.69) is 27.7 Å². The van der Waals surface area contributed by atoms with Gasteiger partial charge < -0.3 is 30.7 Å². The Morgan fingerprint density at radius 2 is 1.92 bits per heavy atom. The van der Waals surface area contributed by atoms with E-state index in [-0.39, 0.29) is 53.4 Å². The molecule has 9 heteroatoms. The lowest BCUT2D eigenvalue weighted by atomic mass is 9.43. The van der Waals surface area contributed by atoms with Crippen molar-refractivity contribution in [3.05, 3.63) is 22.8 Å². The van der Waals surface area contributed by atoms with Crippen LogP contribution in [0.2, 0.25) is 0 Å². The standard InChI is InChI=1S/C28H38N2O7/c1-14-5-7-20-26(2,3)21(32)9-10-27(20,4)28(14)12-16-19(31)11-15-17(23(16)37-28)13-30(24(15)34)18(25(35)36)6-8-22(29)33/h11,14,18,20-21,31-32H,5-10,12-13H2,1-4H3,(H2,29,33)(H,35,36)/t14-,18+,20-,21-,27+,28+/m1/s1. The fraction of sp³-hybridized carbons (Fsp3) is 0.679. The third-order valence-electron chi connectivity index (χ3n) is 10.4. The summed E-state index contributed by atoms with van der Waals surface area (Å²) in [7, 11) is 0. The maximum Gasteiger partial charge on any atom is 0.326 e. The first-order valence-electron chi connectivity index (χ1n) is 13.3. The highest BCUT2D eigenvalue weighted by molar-refractivity contribution is 6.02. The molecule has 0 aromatic heterocycles. The summed E-state index contributed by atoms with van der Waals surface area (Å²) in [5, 5.41) is 31.8. The van der Waals surface area contributed by atoms with Gasteiger partial charge in [0, 0.05) is 29.4 Å². The van der Waals surface area contributed by atoms with Crippen LogP contribution in [0.3, 0.4) is 0 Å². The van der Waals surface area contributed by atoms with Crippen molar-refractivity contribution in [1.82, 2.24) is 4.90 Å². The zero-order valence-corrected chi connectivity index (χ0v) is 22.0. The minimum Gasteiger partial charge on any atom is -0.508 e. The van der Waals surface area contributed by atoms with Gasteiger partial charge in [0.1, 0.15) is 23.1 Å². The van der Waals surface area contributed by atoms with Crippen LogP contribution >= 0.6 is 0 Å². The number of aliphatic hydroxyl groups excluding tert-OH is 1. The van der Waals surface area contributed by atoms with Gasteiger partial charge in [-0.05, 0) is 55.4 Å². The number of phenols is 1. The molecule has 1 aromatic rings. The fourth-order valence-electron chi connectivity index (χ4n) is 8.23. The molecule has 2 aliphatic heterocycles. The monoisotopic (exact) mass is 514 g/mol. The maximum absolute atomic E-state index is 13.3. The molecule has 2 fully saturated rings. The number of carbonyl (C=O) groups excluding carboxylic acids is 2. The predicted molar refractivity (Wildman–Crippen MR) is 134 cm³/mol. The van der Waals surface area contributed by atoms with Crippen molar-refractivity contribution in [1.29, 1.82) is 0 Å². The van der Waals surface area contributed by atoms with Gasteiger partial charge in [0.2, 0.25) is 5.91 Å². The highest BCUT2D eigenvalue weighted by Gasteiger charge is 2.67. The Bertz CT molecular complexity index is 1180. The second-order valence-electron chi connectivity index (χ2n) is 12.5. The molecule has 0 unspecified atom stereocenters. The number of hydrogen-bond donors (Lipinski definition) is 4. The number of aromatic hydroxyl groups is 1. The van der Waals surface area contributed by atoms with Gasteiger partial charge >= 0.3 is 5.97 Å². The summed E-state index contributed by atoms with van der Waals surface area (Å²) in [6.45, 7) is 8.74. The summed E-state index contributed by atoms with van der Waals surface area (Å²) in [4.78, 5) is 37.9. The molecule has 37 heavy (non-hydrogen) atoms. The number of nitrogens with zero attached hydrogens (tertiary/aromatic N) is 1. The molecule has 1 spiro atoms. The Kier molecular flexibility index (Phi) is 5.83. The first-order valence-corrected chi connectivity index (χ1v) is 13.3. The topological polar surface area (TPSA) is 150 Å². The highest BCUT2D eigenvalue weighted by atomic mass is 16.5. The Labute approximate surface area is 217 Å². The van der Waals surface area contributed by atoms with E-state index in [0.717, 1.165) is 19.3 Å². The Morgan fingerprint density at radius 3 is 2.57 bits per heavy atom. The minimum atomic E-state index is -1.21. The van der Waals surface area contributed by atoms with Crippen LogP contribution in [0.25, 0.3) is 0 Å². The van der Waals surface area contributed by atoms with Gasteiger partial charge in [-0.25, -0.2) is 4.79 Å². The molecule has 4 aliphatic rings. The number of rotatable bonds is 5. The van der Waals surface area contributed by atoms with Gasteiger partial charge in [-0.3, -0.25) is 9.59 Å². The van der Waals surface area contributed by atoms with Crippen molar-refractivity contribution in [3.8, 4) is 11.5 Å². The zero-order valence-electron chi connectivity index (χ0n) is 22.0. The third kappa shape index (κ3) is 3.49. The number of benzene rings is 1. The molecule has 2 heterocycles. The molecule has 2 amide bonds. The summed E-state index contributed by atoms with van der Waals surface area (Å²) in [6, 6.07) is 0.227. The summed E-state index contributed by atoms with van der Waals surface area (Å²) < 4.78 is 6.97. The molecular formula is C28H38N2O7. The van der Waals surface area contributed by atoms with Crippen LogP contribution in [0, 0.1) is 22.7 Å². The number of phenolic OH excluding ortho intramolecular Hbond substituents is 1. The van der Waals surface area contributed by atoms with Crippen LogP contribution in [0.1, 0.15) is 87.7 Å². The van der Waals surface area contributed by atoms with E-state index >= 15 is 0 Å². The molecular weight excluding hydrogens is 476 g/mol. The zero-order chi connectivity index (χ0) is 27.1. The number of carboxylic acids is 1. The summed E-state index contributed by atoms with van der Waals surface area (Å²) >= 11 is 0. The van der Waals surface area contributed by atoms with Gasteiger partial charge in [0.05, 0.1) is 18.2 Å². The van der Waals surface area contributed by atoms with Gasteiger partial charge in [0.15, 0.2) is 0 Å². The molecule has 202 valence electrons. The number of carbonyl (C=O) groups is 3. The first kappa shape index (κ1) is 25.8. The lowest BCUT2D eigenvalue weighted by Gasteiger charge is -2.64. The summed E-state index contributed by atoms with van der Waals surface area (Å²) in [6.07, 6.45) is 3.24. The first-order chi connectivity index (χ1) is 17.2. The molecule has 6 atom stereocenters. The Morgan fingerprint density at radius 1 is 1.22 bits per heavy atom. The van der Waals surface area contributed by atoms with E-state index in [4.69, 9.17) is 10.5 Å². The summed E-state index contributed by atoms with van der Waals surface area (Å²) in [5.74, 6) is -1.48. The van der Waals surface area contributed by atoms with Crippen molar-refractivity contribution in [2.45, 2.75) is 96.9 Å². The van der Waals surface area contributed by atoms with Gasteiger partial charge in [-0.1, -0.05) is 27.7 Å². The van der Waals surface area contributed by atoms with Gasteiger partial charge in [0.25, 0.3) is 5.91 Å². The second-order valence-corrected chi connectivity index (χ2v) is 12.5. The van der Waals surface area contributed by atoms with Crippen molar-refractivity contribution >= 4 is 17.8 Å². The van der Waals surface area contributed by atoms with Crippen LogP contribution in [-0.2, 0) is 22.6 Å². The van der Waals surface area contributed by atoms with Crippen LogP contribution in [0.4, 0.5) is 0 Å². The lowest BCUT2D eigenvalue weighted by Crippen LogP contribution is -2.66. The number of hydrogen-bond acceptors (Lipinski definition) is 6. The van der Waals surface area contributed by atoms with Crippen molar-refractivity contribution in [3.63, 3.8) is 0 Å². The van der Waals surface area contributed by atoms with E-state index in [9.17, 15) is 29.7 Å². The van der Waals surface area contributed by atoms with E-state index in [0.29, 0.717) is 29.7 Å². The van der Waals surface area contributed by atoms with E-state index in [1.54, 1.807) is 0 Å². The van der Waals surface area contributed by atoms with E-state index < -0.39 is 35.5 Å². The van der Waals surface area contributed by atoms with E-state index in [1.807, 2.05) is 0 Å². The number of primary amides is 1. The minimum absolute atomic E-state index is 0.0159. The van der Waals surface area contributed by atoms with Crippen LogP contribution in [-0.4, -0.2) is 55.8 Å². The second kappa shape index (κ2) is 8.35. The smallest absolute Gasteiger partial charge is 0.326 e. The molecule has 5 rings (SSSR count). The van der Waals surface area contributed by atoms with Crippen LogP contribution in [0.15, 0.2) is 6.07 Å². The van der Waals surface area contributed by atoms with Crippen LogP contribution < -0.4 is 10.5 Å². The number of nitrogens with two attached hydrogens (primary N) is 1. The largest absolute Gasteiger partial charge is 0.508 e. The average molecular weight is 515 g/mol. The lowest BCUT2D eigenvalue weighted by molar-refractivity contribution is -0.210. The maximum atomic E-state index is 13.3. The third-order valence-corrected chi connectivity index (χ3v) is 10.4. The number of amides is 2. The molecule has 0 radical (unpaired) electrons. The van der Waals surface area contributed by atoms with E-state index in [1.165, 1.54) is 11.0 Å². The number of ether oxygens (including phenoxy) is 1. The number of fused-ring (bicyclic) bond motifs is 5. The molecule has 2 saturated carbocycles. The molecule has 0 saturated heterocycles.